The Kier molecular flexibility index (Phi) is 5.62. The van der Waals surface area contributed by atoms with Crippen LogP contribution in [0.15, 0.2) is 6.07 Å². The average molecular weight is 300 g/mol. The molecule has 1 aromatic rings. The molecule has 1 heterocycles. The standard InChI is InChI=1S/C13H20N2O4S/c1-6-19-12(16)13(20,8(2)3)11-14-9(17-4)7-10(15-11)18-5/h7-8,20H,6H2,1-5H3. The van der Waals surface area contributed by atoms with Gasteiger partial charge < -0.3 is 14.2 Å². The van der Waals surface area contributed by atoms with E-state index in [0.717, 1.165) is 0 Å². The van der Waals surface area contributed by atoms with Crippen LogP contribution in [-0.2, 0) is 14.3 Å². The minimum Gasteiger partial charge on any atom is -0.481 e. The van der Waals surface area contributed by atoms with Gasteiger partial charge in [0.05, 0.1) is 26.9 Å². The van der Waals surface area contributed by atoms with Crippen LogP contribution in [0.4, 0.5) is 0 Å². The van der Waals surface area contributed by atoms with Crippen molar-refractivity contribution in [3.05, 3.63) is 11.9 Å². The Bertz CT molecular complexity index is 459. The van der Waals surface area contributed by atoms with Crippen molar-refractivity contribution in [3.8, 4) is 11.8 Å². The third-order valence-electron chi connectivity index (χ3n) is 2.86. The third kappa shape index (κ3) is 3.15. The molecule has 0 fully saturated rings. The Morgan fingerprint density at radius 1 is 1.30 bits per heavy atom. The molecule has 1 rings (SSSR count). The molecule has 112 valence electrons. The number of thiol groups is 1. The first-order valence-corrected chi connectivity index (χ1v) is 6.71. The van der Waals surface area contributed by atoms with Crippen molar-refractivity contribution in [1.82, 2.24) is 9.97 Å². The Morgan fingerprint density at radius 3 is 2.15 bits per heavy atom. The Labute approximate surface area is 124 Å². The molecule has 0 saturated carbocycles. The number of methoxy groups -OCH3 is 2. The van der Waals surface area contributed by atoms with Crippen LogP contribution in [0.3, 0.4) is 0 Å². The quantitative estimate of drug-likeness (QED) is 0.638. The fourth-order valence-corrected chi connectivity index (χ4v) is 1.77. The molecule has 0 amide bonds. The third-order valence-corrected chi connectivity index (χ3v) is 3.76. The second-order valence-electron chi connectivity index (χ2n) is 4.42. The van der Waals surface area contributed by atoms with Crippen LogP contribution < -0.4 is 9.47 Å². The van der Waals surface area contributed by atoms with Crippen LogP contribution in [-0.4, -0.2) is 36.8 Å². The molecule has 1 aromatic heterocycles. The van der Waals surface area contributed by atoms with Crippen LogP contribution in [0.2, 0.25) is 0 Å². The number of aromatic nitrogens is 2. The van der Waals surface area contributed by atoms with E-state index in [0.29, 0.717) is 11.8 Å². The topological polar surface area (TPSA) is 70.5 Å². The molecular weight excluding hydrogens is 280 g/mol. The maximum Gasteiger partial charge on any atom is 0.330 e. The molecule has 1 atom stereocenters. The van der Waals surface area contributed by atoms with Gasteiger partial charge in [-0.1, -0.05) is 13.8 Å². The smallest absolute Gasteiger partial charge is 0.330 e. The van der Waals surface area contributed by atoms with Gasteiger partial charge >= 0.3 is 5.97 Å². The maximum absolute atomic E-state index is 12.2. The summed E-state index contributed by atoms with van der Waals surface area (Å²) >= 11 is 4.49. The van der Waals surface area contributed by atoms with Crippen molar-refractivity contribution in [2.45, 2.75) is 25.5 Å². The SMILES string of the molecule is CCOC(=O)C(S)(c1nc(OC)cc(OC)n1)C(C)C. The number of nitrogens with zero attached hydrogens (tertiary/aromatic N) is 2. The monoisotopic (exact) mass is 300 g/mol. The van der Waals surface area contributed by atoms with Gasteiger partial charge in [0.1, 0.15) is 0 Å². The fourth-order valence-electron chi connectivity index (χ4n) is 1.61. The molecule has 1 unspecified atom stereocenters. The molecule has 0 aromatic carbocycles. The molecule has 20 heavy (non-hydrogen) atoms. The van der Waals surface area contributed by atoms with Gasteiger partial charge in [-0.25, -0.2) is 0 Å². The van der Waals surface area contributed by atoms with E-state index in [4.69, 9.17) is 14.2 Å². The number of ether oxygens (including phenoxy) is 3. The average Bonchev–Trinajstić information content (AvgIpc) is 2.45. The molecule has 0 aliphatic carbocycles. The minimum atomic E-state index is -1.27. The summed E-state index contributed by atoms with van der Waals surface area (Å²) < 4.78 is 14.0. The van der Waals surface area contributed by atoms with Gasteiger partial charge in [0.2, 0.25) is 11.8 Å². The summed E-state index contributed by atoms with van der Waals surface area (Å²) in [6.45, 7) is 5.69. The molecule has 0 saturated heterocycles. The van der Waals surface area contributed by atoms with Gasteiger partial charge in [0.15, 0.2) is 10.6 Å². The van der Waals surface area contributed by atoms with E-state index in [1.54, 1.807) is 6.92 Å². The van der Waals surface area contributed by atoms with Gasteiger partial charge in [0, 0.05) is 0 Å². The van der Waals surface area contributed by atoms with E-state index in [9.17, 15) is 4.79 Å². The lowest BCUT2D eigenvalue weighted by atomic mass is 9.93. The molecule has 0 bridgehead atoms. The van der Waals surface area contributed by atoms with Gasteiger partial charge in [-0.05, 0) is 12.8 Å². The molecule has 0 spiro atoms. The predicted octanol–water partition coefficient (Wildman–Crippen LogP) is 1.84. The van der Waals surface area contributed by atoms with Crippen molar-refractivity contribution >= 4 is 18.6 Å². The zero-order chi connectivity index (χ0) is 15.3. The predicted molar refractivity (Wildman–Crippen MR) is 77.3 cm³/mol. The summed E-state index contributed by atoms with van der Waals surface area (Å²) in [6, 6.07) is 1.53. The zero-order valence-electron chi connectivity index (χ0n) is 12.3. The first-order valence-electron chi connectivity index (χ1n) is 6.27. The van der Waals surface area contributed by atoms with E-state index >= 15 is 0 Å². The molecular formula is C13H20N2O4S. The molecule has 6 nitrogen and oxygen atoms in total. The van der Waals surface area contributed by atoms with Crippen LogP contribution >= 0.6 is 12.6 Å². The molecule has 7 heteroatoms. The van der Waals surface area contributed by atoms with Crippen LogP contribution in [0.1, 0.15) is 26.6 Å². The van der Waals surface area contributed by atoms with Crippen LogP contribution in [0, 0.1) is 5.92 Å². The largest absolute Gasteiger partial charge is 0.481 e. The van der Waals surface area contributed by atoms with Gasteiger partial charge in [-0.2, -0.15) is 22.6 Å². The van der Waals surface area contributed by atoms with Crippen LogP contribution in [0.5, 0.6) is 11.8 Å². The number of carbonyl (C=O) groups excluding carboxylic acids is 1. The fraction of sp³-hybridized carbons (Fsp3) is 0.615. The molecule has 0 N–H and O–H groups in total. The van der Waals surface area contributed by atoms with Gasteiger partial charge in [-0.15, -0.1) is 0 Å². The number of esters is 1. The summed E-state index contributed by atoms with van der Waals surface area (Å²) in [7, 11) is 2.96. The lowest BCUT2D eigenvalue weighted by molar-refractivity contribution is -0.147. The molecule has 0 aliphatic heterocycles. The highest BCUT2D eigenvalue weighted by atomic mass is 32.1. The summed E-state index contributed by atoms with van der Waals surface area (Å²) in [4.78, 5) is 20.7. The molecule has 0 radical (unpaired) electrons. The number of hydrogen-bond donors (Lipinski definition) is 1. The van der Waals surface area contributed by atoms with E-state index in [1.165, 1.54) is 20.3 Å². The summed E-state index contributed by atoms with van der Waals surface area (Å²) in [5, 5.41) is 0. The van der Waals surface area contributed by atoms with E-state index in [1.807, 2.05) is 13.8 Å². The summed E-state index contributed by atoms with van der Waals surface area (Å²) in [6.07, 6.45) is 0. The van der Waals surface area contributed by atoms with Gasteiger partial charge in [-0.3, -0.25) is 4.79 Å². The minimum absolute atomic E-state index is 0.179. The normalized spacial score (nSPS) is 13.8. The van der Waals surface area contributed by atoms with E-state index < -0.39 is 10.7 Å². The lowest BCUT2D eigenvalue weighted by Gasteiger charge is -2.28. The van der Waals surface area contributed by atoms with Crippen molar-refractivity contribution in [2.75, 3.05) is 20.8 Å². The zero-order valence-corrected chi connectivity index (χ0v) is 13.2. The second kappa shape index (κ2) is 6.78. The van der Waals surface area contributed by atoms with E-state index in [2.05, 4.69) is 22.6 Å². The summed E-state index contributed by atoms with van der Waals surface area (Å²) in [5.41, 5.74) is 0. The highest BCUT2D eigenvalue weighted by molar-refractivity contribution is 7.82. The van der Waals surface area contributed by atoms with Crippen molar-refractivity contribution in [3.63, 3.8) is 0 Å². The Hall–Kier alpha value is -1.50. The van der Waals surface area contributed by atoms with E-state index in [-0.39, 0.29) is 18.3 Å². The number of hydrogen-bond acceptors (Lipinski definition) is 7. The second-order valence-corrected chi connectivity index (χ2v) is 5.12. The van der Waals surface area contributed by atoms with Gasteiger partial charge in [0.25, 0.3) is 0 Å². The van der Waals surface area contributed by atoms with Crippen molar-refractivity contribution in [1.29, 1.82) is 0 Å². The Morgan fingerprint density at radius 2 is 1.80 bits per heavy atom. The lowest BCUT2D eigenvalue weighted by Crippen LogP contribution is -2.39. The first kappa shape index (κ1) is 16.6. The highest BCUT2D eigenvalue weighted by Gasteiger charge is 2.45. The first-order chi connectivity index (χ1) is 9.39. The molecule has 0 aliphatic rings. The summed E-state index contributed by atoms with van der Waals surface area (Å²) in [5.74, 6) is 0.131. The highest BCUT2D eigenvalue weighted by Crippen LogP contribution is 2.37. The Balaban J connectivity index is 3.37. The van der Waals surface area contributed by atoms with Crippen molar-refractivity contribution < 1.29 is 19.0 Å². The van der Waals surface area contributed by atoms with Crippen molar-refractivity contribution in [2.24, 2.45) is 5.92 Å². The van der Waals surface area contributed by atoms with Crippen LogP contribution in [0.25, 0.3) is 0 Å². The number of carbonyl (C=O) groups is 1. The number of rotatable bonds is 6. The maximum atomic E-state index is 12.2.